The Hall–Kier alpha value is -2.78. The molecule has 2 rings (SSSR count). The van der Waals surface area contributed by atoms with E-state index in [4.69, 9.17) is 16.3 Å². The van der Waals surface area contributed by atoms with Crippen molar-refractivity contribution >= 4 is 39.1 Å². The monoisotopic (exact) mass is 537 g/mol. The van der Waals surface area contributed by atoms with E-state index in [9.17, 15) is 18.0 Å². The predicted octanol–water partition coefficient (Wildman–Crippen LogP) is 4.23. The van der Waals surface area contributed by atoms with Gasteiger partial charge in [0.05, 0.1) is 18.6 Å². The van der Waals surface area contributed by atoms with Gasteiger partial charge in [-0.15, -0.1) is 0 Å². The lowest BCUT2D eigenvalue weighted by Crippen LogP contribution is -2.49. The molecule has 8 nitrogen and oxygen atoms in total. The normalized spacial score (nSPS) is 12.2. The fourth-order valence-corrected chi connectivity index (χ4v) is 4.88. The molecule has 2 amide bonds. The first-order chi connectivity index (χ1) is 16.9. The fraction of sp³-hybridized carbons (Fsp3) is 0.462. The van der Waals surface area contributed by atoms with Gasteiger partial charge in [-0.25, -0.2) is 8.42 Å². The highest BCUT2D eigenvalue weighted by atomic mass is 35.5. The topological polar surface area (TPSA) is 96.0 Å². The maximum atomic E-state index is 13.3. The smallest absolute Gasteiger partial charge is 0.242 e. The van der Waals surface area contributed by atoms with Crippen LogP contribution in [-0.4, -0.2) is 56.6 Å². The average Bonchev–Trinajstić information content (AvgIpc) is 2.79. The first-order valence-electron chi connectivity index (χ1n) is 12.0. The van der Waals surface area contributed by atoms with Crippen molar-refractivity contribution in [1.29, 1.82) is 0 Å². The Labute approximate surface area is 219 Å². The number of sulfonamides is 1. The molecule has 0 saturated carbocycles. The number of nitrogens with zero attached hydrogens (tertiary/aromatic N) is 2. The van der Waals surface area contributed by atoms with E-state index < -0.39 is 16.1 Å². The Morgan fingerprint density at radius 2 is 1.75 bits per heavy atom. The minimum Gasteiger partial charge on any atom is -0.494 e. The van der Waals surface area contributed by atoms with Crippen LogP contribution in [0.15, 0.2) is 48.5 Å². The third kappa shape index (κ3) is 9.02. The fourth-order valence-electron chi connectivity index (χ4n) is 3.70. The first kappa shape index (κ1) is 29.5. The number of hydrogen-bond donors (Lipinski definition) is 1. The summed E-state index contributed by atoms with van der Waals surface area (Å²) in [6.07, 6.45) is 1.49. The van der Waals surface area contributed by atoms with Crippen LogP contribution in [0.4, 0.5) is 5.69 Å². The molecule has 1 N–H and O–H groups in total. The number of amides is 2. The highest BCUT2D eigenvalue weighted by molar-refractivity contribution is 7.92. The molecule has 0 bridgehead atoms. The summed E-state index contributed by atoms with van der Waals surface area (Å²) in [5.41, 5.74) is 1.29. The molecular formula is C26H36ClN3O5S. The van der Waals surface area contributed by atoms with E-state index in [1.807, 2.05) is 26.8 Å². The van der Waals surface area contributed by atoms with Gasteiger partial charge < -0.3 is 15.0 Å². The second kappa shape index (κ2) is 13.5. The maximum absolute atomic E-state index is 13.3. The van der Waals surface area contributed by atoms with Gasteiger partial charge in [-0.3, -0.25) is 13.9 Å². The van der Waals surface area contributed by atoms with Gasteiger partial charge in [-0.05, 0) is 76.1 Å². The molecule has 0 spiro atoms. The van der Waals surface area contributed by atoms with Crippen LogP contribution in [0.5, 0.6) is 5.75 Å². The summed E-state index contributed by atoms with van der Waals surface area (Å²) in [4.78, 5) is 27.5. The van der Waals surface area contributed by atoms with Gasteiger partial charge in [0.15, 0.2) is 0 Å². The van der Waals surface area contributed by atoms with E-state index in [-0.39, 0.29) is 43.8 Å². The van der Waals surface area contributed by atoms with Gasteiger partial charge in [-0.2, -0.15) is 0 Å². The number of hydrogen-bond acceptors (Lipinski definition) is 5. The molecule has 0 aliphatic carbocycles. The summed E-state index contributed by atoms with van der Waals surface area (Å²) in [7, 11) is -3.57. The molecule has 2 aromatic rings. The van der Waals surface area contributed by atoms with E-state index in [2.05, 4.69) is 5.32 Å². The summed E-state index contributed by atoms with van der Waals surface area (Å²) in [5.74, 6) is 0.143. The van der Waals surface area contributed by atoms with Crippen molar-refractivity contribution in [2.75, 3.05) is 23.7 Å². The molecule has 0 saturated heterocycles. The Kier molecular flexibility index (Phi) is 11.0. The van der Waals surface area contributed by atoms with Crippen LogP contribution in [0.3, 0.4) is 0 Å². The third-order valence-electron chi connectivity index (χ3n) is 5.43. The van der Waals surface area contributed by atoms with Gasteiger partial charge in [0.2, 0.25) is 21.8 Å². The number of halogens is 1. The van der Waals surface area contributed by atoms with Crippen molar-refractivity contribution in [3.8, 4) is 5.75 Å². The van der Waals surface area contributed by atoms with Crippen LogP contribution in [0, 0.1) is 0 Å². The van der Waals surface area contributed by atoms with Gasteiger partial charge in [0.1, 0.15) is 11.8 Å². The summed E-state index contributed by atoms with van der Waals surface area (Å²) in [6.45, 7) is 8.11. The lowest BCUT2D eigenvalue weighted by Gasteiger charge is -2.30. The molecule has 36 heavy (non-hydrogen) atoms. The van der Waals surface area contributed by atoms with Crippen LogP contribution >= 0.6 is 11.6 Å². The van der Waals surface area contributed by atoms with Crippen molar-refractivity contribution in [1.82, 2.24) is 10.2 Å². The molecule has 1 atom stereocenters. The summed E-state index contributed by atoms with van der Waals surface area (Å²) in [6, 6.07) is 13.1. The van der Waals surface area contributed by atoms with E-state index in [1.54, 1.807) is 49.4 Å². The molecule has 0 heterocycles. The zero-order valence-corrected chi connectivity index (χ0v) is 23.1. The molecule has 0 aromatic heterocycles. The summed E-state index contributed by atoms with van der Waals surface area (Å²) in [5, 5.41) is 3.39. The number of benzene rings is 2. The summed E-state index contributed by atoms with van der Waals surface area (Å²) >= 11 is 6.11. The number of nitrogens with one attached hydrogen (secondary N) is 1. The van der Waals surface area contributed by atoms with Crippen molar-refractivity contribution in [3.05, 3.63) is 59.1 Å². The van der Waals surface area contributed by atoms with Crippen LogP contribution in [0.1, 0.15) is 46.1 Å². The number of ether oxygens (including phenoxy) is 1. The second-order valence-corrected chi connectivity index (χ2v) is 11.2. The number of rotatable bonds is 13. The third-order valence-corrected chi connectivity index (χ3v) is 6.86. The molecule has 198 valence electrons. The zero-order valence-electron chi connectivity index (χ0n) is 21.5. The second-order valence-electron chi connectivity index (χ2n) is 8.86. The maximum Gasteiger partial charge on any atom is 0.242 e. The number of carbonyl (C=O) groups excluding carboxylic acids is 2. The molecule has 0 fully saturated rings. The van der Waals surface area contributed by atoms with Crippen molar-refractivity contribution in [2.24, 2.45) is 0 Å². The molecule has 2 aromatic carbocycles. The standard InChI is InChI=1S/C26H36ClN3O5S/c1-6-35-24-14-12-23(13-15-24)30(36(5,33)34)16-8-11-25(31)29(20(4)26(32)28-19(2)3)18-21-9-7-10-22(27)17-21/h7,9-10,12-15,17,19-20H,6,8,11,16,18H2,1-5H3,(H,28,32)/t20-/m1/s1. The van der Waals surface area contributed by atoms with Crippen LogP contribution in [-0.2, 0) is 26.2 Å². The Bertz CT molecular complexity index is 1120. The van der Waals surface area contributed by atoms with Gasteiger partial charge in [-0.1, -0.05) is 23.7 Å². The molecule has 10 heteroatoms. The molecule has 0 aliphatic rings. The predicted molar refractivity (Wildman–Crippen MR) is 144 cm³/mol. The van der Waals surface area contributed by atoms with Crippen molar-refractivity contribution in [3.63, 3.8) is 0 Å². The van der Waals surface area contributed by atoms with Crippen LogP contribution < -0.4 is 14.4 Å². The van der Waals surface area contributed by atoms with E-state index in [0.29, 0.717) is 23.1 Å². The highest BCUT2D eigenvalue weighted by Crippen LogP contribution is 2.23. The first-order valence-corrected chi connectivity index (χ1v) is 14.2. The average molecular weight is 538 g/mol. The van der Waals surface area contributed by atoms with Gasteiger partial charge in [0.25, 0.3) is 0 Å². The number of anilines is 1. The summed E-state index contributed by atoms with van der Waals surface area (Å²) < 4.78 is 31.6. The van der Waals surface area contributed by atoms with Gasteiger partial charge >= 0.3 is 0 Å². The highest BCUT2D eigenvalue weighted by Gasteiger charge is 2.27. The number of carbonyl (C=O) groups is 2. The van der Waals surface area contributed by atoms with Gasteiger partial charge in [0, 0.05) is 30.6 Å². The SMILES string of the molecule is CCOc1ccc(N(CCCC(=O)N(Cc2cccc(Cl)c2)[C@H](C)C(=O)NC(C)C)S(C)(=O)=O)cc1. The quantitative estimate of drug-likeness (QED) is 0.412. The minimum atomic E-state index is -3.57. The van der Waals surface area contributed by atoms with Crippen LogP contribution in [0.25, 0.3) is 0 Å². The van der Waals surface area contributed by atoms with E-state index in [0.717, 1.165) is 11.8 Å². The molecular weight excluding hydrogens is 502 g/mol. The lowest BCUT2D eigenvalue weighted by atomic mass is 10.1. The largest absolute Gasteiger partial charge is 0.494 e. The molecule has 0 unspecified atom stereocenters. The van der Waals surface area contributed by atoms with Crippen molar-refractivity contribution < 1.29 is 22.7 Å². The van der Waals surface area contributed by atoms with E-state index >= 15 is 0 Å². The Morgan fingerprint density at radius 1 is 1.08 bits per heavy atom. The van der Waals surface area contributed by atoms with E-state index in [1.165, 1.54) is 9.21 Å². The Morgan fingerprint density at radius 3 is 2.31 bits per heavy atom. The van der Waals surface area contributed by atoms with Crippen LogP contribution in [0.2, 0.25) is 5.02 Å². The lowest BCUT2D eigenvalue weighted by molar-refractivity contribution is -0.140. The molecule has 0 radical (unpaired) electrons. The van der Waals surface area contributed by atoms with Crippen molar-refractivity contribution in [2.45, 2.75) is 59.2 Å². The minimum absolute atomic E-state index is 0.0690. The zero-order chi connectivity index (χ0) is 26.9. The Balaban J connectivity index is 2.15. The molecule has 0 aliphatic heterocycles.